The summed E-state index contributed by atoms with van der Waals surface area (Å²) in [4.78, 5) is 10.6. The van der Waals surface area contributed by atoms with Crippen molar-refractivity contribution < 1.29 is 15.0 Å². The number of anilines is 1. The van der Waals surface area contributed by atoms with Crippen LogP contribution in [0.15, 0.2) is 6.07 Å². The van der Waals surface area contributed by atoms with Crippen molar-refractivity contribution in [2.45, 2.75) is 6.92 Å². The number of aromatic nitrogens is 1. The van der Waals surface area contributed by atoms with E-state index in [-0.39, 0.29) is 23.4 Å². The summed E-state index contributed by atoms with van der Waals surface area (Å²) in [5, 5.41) is 20.7. The summed E-state index contributed by atoms with van der Waals surface area (Å²) in [6.45, 7) is 1.32. The van der Waals surface area contributed by atoms with Crippen molar-refractivity contribution in [3.8, 4) is 11.8 Å². The number of aromatic hydroxyl groups is 2. The lowest BCUT2D eigenvalue weighted by Crippen LogP contribution is -2.04. The van der Waals surface area contributed by atoms with E-state index in [0.717, 1.165) is 4.57 Å². The number of carbonyl (C=O) groups excluding carboxylic acids is 1. The van der Waals surface area contributed by atoms with Crippen molar-refractivity contribution in [3.63, 3.8) is 0 Å². The zero-order chi connectivity index (χ0) is 9.30. The summed E-state index contributed by atoms with van der Waals surface area (Å²) in [6.07, 6.45) is 0. The smallest absolute Gasteiger partial charge is 0.221 e. The zero-order valence-corrected chi connectivity index (χ0v) is 6.83. The highest BCUT2D eigenvalue weighted by atomic mass is 16.3. The van der Waals surface area contributed by atoms with Crippen molar-refractivity contribution in [1.82, 2.24) is 4.57 Å². The molecule has 0 saturated heterocycles. The van der Waals surface area contributed by atoms with Crippen LogP contribution in [-0.4, -0.2) is 20.7 Å². The van der Waals surface area contributed by atoms with Gasteiger partial charge in [-0.05, 0) is 0 Å². The van der Waals surface area contributed by atoms with Crippen LogP contribution in [0.1, 0.15) is 6.92 Å². The van der Waals surface area contributed by atoms with Crippen molar-refractivity contribution in [2.24, 2.45) is 7.05 Å². The van der Waals surface area contributed by atoms with Crippen LogP contribution >= 0.6 is 0 Å². The third kappa shape index (κ3) is 1.34. The van der Waals surface area contributed by atoms with Crippen LogP contribution in [0.5, 0.6) is 11.8 Å². The number of nitrogens with zero attached hydrogens (tertiary/aromatic N) is 1. The lowest BCUT2D eigenvalue weighted by molar-refractivity contribution is -0.114. The van der Waals surface area contributed by atoms with E-state index in [0.29, 0.717) is 0 Å². The van der Waals surface area contributed by atoms with Gasteiger partial charge in [-0.2, -0.15) is 0 Å². The van der Waals surface area contributed by atoms with Gasteiger partial charge in [0, 0.05) is 20.0 Å². The van der Waals surface area contributed by atoms with Gasteiger partial charge in [0.25, 0.3) is 0 Å². The summed E-state index contributed by atoms with van der Waals surface area (Å²) in [7, 11) is 1.48. The molecule has 0 fully saturated rings. The number of hydrogen-bond donors (Lipinski definition) is 3. The number of carbonyl (C=O) groups is 1. The van der Waals surface area contributed by atoms with Crippen LogP contribution in [0, 0.1) is 0 Å². The molecule has 12 heavy (non-hydrogen) atoms. The molecule has 0 unspecified atom stereocenters. The van der Waals surface area contributed by atoms with Crippen molar-refractivity contribution in [1.29, 1.82) is 0 Å². The predicted molar refractivity (Wildman–Crippen MR) is 43.0 cm³/mol. The molecule has 5 nitrogen and oxygen atoms in total. The molecule has 5 heteroatoms. The predicted octanol–water partition coefficient (Wildman–Crippen LogP) is 0.395. The van der Waals surface area contributed by atoms with E-state index in [2.05, 4.69) is 5.32 Å². The molecule has 1 rings (SSSR count). The van der Waals surface area contributed by atoms with Crippen molar-refractivity contribution in [3.05, 3.63) is 6.07 Å². The third-order valence-corrected chi connectivity index (χ3v) is 1.49. The fourth-order valence-corrected chi connectivity index (χ4v) is 0.861. The minimum absolute atomic E-state index is 0.101. The fraction of sp³-hybridized carbons (Fsp3) is 0.286. The first kappa shape index (κ1) is 8.45. The molecule has 0 aliphatic heterocycles. The molecule has 1 heterocycles. The summed E-state index contributed by atoms with van der Waals surface area (Å²) in [5.74, 6) is -0.560. The lowest BCUT2D eigenvalue weighted by Gasteiger charge is -1.99. The Morgan fingerprint density at radius 3 is 2.50 bits per heavy atom. The number of amides is 1. The van der Waals surface area contributed by atoms with Crippen LogP contribution in [0.4, 0.5) is 5.69 Å². The second-order valence-corrected chi connectivity index (χ2v) is 2.48. The first-order valence-electron chi connectivity index (χ1n) is 3.37. The van der Waals surface area contributed by atoms with Crippen LogP contribution in [0.25, 0.3) is 0 Å². The maximum atomic E-state index is 10.6. The summed E-state index contributed by atoms with van der Waals surface area (Å²) in [5.41, 5.74) is 0.211. The van der Waals surface area contributed by atoms with Gasteiger partial charge in [-0.3, -0.25) is 9.36 Å². The Kier molecular flexibility index (Phi) is 1.95. The van der Waals surface area contributed by atoms with Gasteiger partial charge in [-0.25, -0.2) is 0 Å². The molecule has 0 radical (unpaired) electrons. The average Bonchev–Trinajstić information content (AvgIpc) is 2.17. The Balaban J connectivity index is 3.01. The monoisotopic (exact) mass is 170 g/mol. The van der Waals surface area contributed by atoms with E-state index >= 15 is 0 Å². The standard InChI is InChI=1S/C7H10N2O3/c1-4(10)8-5-3-6(11)9(2)7(5)12/h3,11-12H,1-2H3,(H,8,10). The number of nitrogens with one attached hydrogen (secondary N) is 1. The third-order valence-electron chi connectivity index (χ3n) is 1.49. The van der Waals surface area contributed by atoms with Gasteiger partial charge in [0.1, 0.15) is 5.69 Å². The van der Waals surface area contributed by atoms with Gasteiger partial charge in [0.15, 0.2) is 5.88 Å². The van der Waals surface area contributed by atoms with E-state index in [1.165, 1.54) is 20.0 Å². The van der Waals surface area contributed by atoms with E-state index in [9.17, 15) is 9.90 Å². The van der Waals surface area contributed by atoms with Crippen LogP contribution in [0.3, 0.4) is 0 Å². The topological polar surface area (TPSA) is 74.5 Å². The molecule has 1 amide bonds. The molecule has 1 aromatic rings. The molecular formula is C7H10N2O3. The Morgan fingerprint density at radius 1 is 1.58 bits per heavy atom. The van der Waals surface area contributed by atoms with Crippen LogP contribution in [-0.2, 0) is 11.8 Å². The molecule has 0 atom stereocenters. The molecule has 1 aromatic heterocycles. The zero-order valence-electron chi connectivity index (χ0n) is 6.83. The van der Waals surface area contributed by atoms with Crippen molar-refractivity contribution >= 4 is 11.6 Å². The first-order valence-corrected chi connectivity index (χ1v) is 3.37. The summed E-state index contributed by atoms with van der Waals surface area (Å²) < 4.78 is 1.16. The first-order chi connectivity index (χ1) is 5.52. The van der Waals surface area contributed by atoms with E-state index in [1.54, 1.807) is 0 Å². The molecular weight excluding hydrogens is 160 g/mol. The van der Waals surface area contributed by atoms with E-state index < -0.39 is 0 Å². The Morgan fingerprint density at radius 2 is 2.17 bits per heavy atom. The number of hydrogen-bond acceptors (Lipinski definition) is 3. The average molecular weight is 170 g/mol. The largest absolute Gasteiger partial charge is 0.494 e. The molecule has 0 bridgehead atoms. The van der Waals surface area contributed by atoms with Gasteiger partial charge >= 0.3 is 0 Å². The molecule has 66 valence electrons. The normalized spacial score (nSPS) is 9.83. The Labute approximate surface area is 69.2 Å². The molecule has 3 N–H and O–H groups in total. The number of rotatable bonds is 1. The van der Waals surface area contributed by atoms with Crippen molar-refractivity contribution in [2.75, 3.05) is 5.32 Å². The summed E-state index contributed by atoms with van der Waals surface area (Å²) in [6, 6.07) is 1.27. The quantitative estimate of drug-likeness (QED) is 0.571. The molecule has 0 aliphatic rings. The fourth-order valence-electron chi connectivity index (χ4n) is 0.861. The molecule has 0 aliphatic carbocycles. The highest BCUT2D eigenvalue weighted by Gasteiger charge is 2.10. The highest BCUT2D eigenvalue weighted by molar-refractivity contribution is 5.90. The summed E-state index contributed by atoms with van der Waals surface area (Å²) >= 11 is 0. The van der Waals surface area contributed by atoms with Gasteiger partial charge < -0.3 is 15.5 Å². The van der Waals surface area contributed by atoms with Crippen LogP contribution < -0.4 is 5.32 Å². The highest BCUT2D eigenvalue weighted by Crippen LogP contribution is 2.30. The maximum absolute atomic E-state index is 10.6. The van der Waals surface area contributed by atoms with E-state index in [1.807, 2.05) is 0 Å². The minimum atomic E-state index is -0.295. The Hall–Kier alpha value is -1.65. The molecule has 0 saturated carbocycles. The molecule has 0 spiro atoms. The van der Waals surface area contributed by atoms with Gasteiger partial charge in [-0.1, -0.05) is 0 Å². The lowest BCUT2D eigenvalue weighted by atomic mass is 10.5. The second-order valence-electron chi connectivity index (χ2n) is 2.48. The van der Waals surface area contributed by atoms with E-state index in [4.69, 9.17) is 5.11 Å². The maximum Gasteiger partial charge on any atom is 0.221 e. The second kappa shape index (κ2) is 2.77. The molecule has 0 aromatic carbocycles. The van der Waals surface area contributed by atoms with Gasteiger partial charge in [0.05, 0.1) is 0 Å². The van der Waals surface area contributed by atoms with Crippen LogP contribution in [0.2, 0.25) is 0 Å². The SMILES string of the molecule is CC(=O)Nc1cc(O)n(C)c1O. The Bertz CT molecular complexity index is 317. The van der Waals surface area contributed by atoms with Gasteiger partial charge in [0.2, 0.25) is 11.8 Å². The van der Waals surface area contributed by atoms with Gasteiger partial charge in [-0.15, -0.1) is 0 Å². The minimum Gasteiger partial charge on any atom is -0.494 e.